The molecule has 0 heterocycles. The van der Waals surface area contributed by atoms with E-state index in [0.717, 1.165) is 0 Å². The molecular weight excluding hydrogens is 460 g/mol. The number of ether oxygens (including phenoxy) is 6. The fourth-order valence-corrected chi connectivity index (χ4v) is 3.25. The molecule has 0 radical (unpaired) electrons. The Hall–Kier alpha value is -2.72. The lowest BCUT2D eigenvalue weighted by Crippen LogP contribution is -2.37. The molecular formula is C25H40O10. The van der Waals surface area contributed by atoms with Crippen LogP contribution in [0.2, 0.25) is 0 Å². The zero-order valence-electron chi connectivity index (χ0n) is 21.1. The molecule has 0 N–H and O–H groups in total. The largest absolute Gasteiger partial charge is 0.499 e. The van der Waals surface area contributed by atoms with Gasteiger partial charge in [-0.3, -0.25) is 19.2 Å². The highest BCUT2D eigenvalue weighted by atomic mass is 16.6. The van der Waals surface area contributed by atoms with E-state index in [4.69, 9.17) is 28.4 Å². The molecule has 0 aliphatic rings. The van der Waals surface area contributed by atoms with E-state index in [2.05, 4.69) is 13.2 Å². The van der Waals surface area contributed by atoms with Gasteiger partial charge in [-0.05, 0) is 33.1 Å². The van der Waals surface area contributed by atoms with Crippen molar-refractivity contribution in [2.24, 2.45) is 5.41 Å². The third-order valence-electron chi connectivity index (χ3n) is 5.25. The Morgan fingerprint density at radius 3 is 1.54 bits per heavy atom. The van der Waals surface area contributed by atoms with Gasteiger partial charge in [-0.2, -0.15) is 0 Å². The van der Waals surface area contributed by atoms with E-state index in [9.17, 15) is 19.2 Å². The van der Waals surface area contributed by atoms with Gasteiger partial charge in [0.1, 0.15) is 38.0 Å². The van der Waals surface area contributed by atoms with Gasteiger partial charge in [-0.1, -0.05) is 19.6 Å². The summed E-state index contributed by atoms with van der Waals surface area (Å²) in [5.74, 6) is -1.49. The van der Waals surface area contributed by atoms with Crippen LogP contribution in [0, 0.1) is 5.41 Å². The van der Waals surface area contributed by atoms with Crippen molar-refractivity contribution in [2.75, 3.05) is 52.9 Å². The van der Waals surface area contributed by atoms with E-state index < -0.39 is 11.4 Å². The van der Waals surface area contributed by atoms with Gasteiger partial charge in [-0.25, -0.2) is 0 Å². The average molecular weight is 501 g/mol. The van der Waals surface area contributed by atoms with Crippen LogP contribution < -0.4 is 0 Å². The lowest BCUT2D eigenvalue weighted by molar-refractivity contribution is -0.147. The minimum atomic E-state index is -1.27. The molecule has 0 unspecified atom stereocenters. The van der Waals surface area contributed by atoms with E-state index in [-0.39, 0.29) is 69.6 Å². The summed E-state index contributed by atoms with van der Waals surface area (Å²) in [6, 6.07) is 0. The molecule has 0 fully saturated rings. The number of esters is 2. The Bertz CT molecular complexity index is 645. The Labute approximate surface area is 207 Å². The van der Waals surface area contributed by atoms with Gasteiger partial charge in [0.15, 0.2) is 0 Å². The number of carbonyl (C=O) groups excluding carboxylic acids is 4. The van der Waals surface area contributed by atoms with Crippen LogP contribution in [0.5, 0.6) is 0 Å². The van der Waals surface area contributed by atoms with Crippen molar-refractivity contribution >= 4 is 23.5 Å². The quantitative estimate of drug-likeness (QED) is 0.0845. The normalized spacial score (nSPS) is 10.8. The first kappa shape index (κ1) is 32.3. The van der Waals surface area contributed by atoms with E-state index in [1.54, 1.807) is 0 Å². The van der Waals surface area contributed by atoms with Crippen LogP contribution in [0.4, 0.5) is 0 Å². The lowest BCUT2D eigenvalue weighted by Gasteiger charge is -2.28. The molecule has 0 aliphatic carbocycles. The smallest absolute Gasteiger partial charge is 0.305 e. The maximum absolute atomic E-state index is 12.4. The van der Waals surface area contributed by atoms with Crippen molar-refractivity contribution in [1.82, 2.24) is 0 Å². The van der Waals surface area contributed by atoms with Gasteiger partial charge in [0.2, 0.25) is 0 Å². The molecule has 0 amide bonds. The molecule has 0 aromatic carbocycles. The summed E-state index contributed by atoms with van der Waals surface area (Å²) in [6.07, 6.45) is 3.93. The van der Waals surface area contributed by atoms with Crippen LogP contribution in [0.25, 0.3) is 0 Å². The fraction of sp³-hybridized carbons (Fsp3) is 0.680. The topological polar surface area (TPSA) is 124 Å². The van der Waals surface area contributed by atoms with Crippen molar-refractivity contribution in [3.63, 3.8) is 0 Å². The molecule has 0 rings (SSSR count). The van der Waals surface area contributed by atoms with Crippen molar-refractivity contribution in [1.29, 1.82) is 0 Å². The second-order valence-electron chi connectivity index (χ2n) is 7.64. The van der Waals surface area contributed by atoms with Gasteiger partial charge in [-0.15, -0.1) is 0 Å². The Balaban J connectivity index is 4.30. The number of hydrogen-bond donors (Lipinski definition) is 0. The summed E-state index contributed by atoms with van der Waals surface area (Å²) in [5, 5.41) is 0. The summed E-state index contributed by atoms with van der Waals surface area (Å²) < 4.78 is 30.5. The summed E-state index contributed by atoms with van der Waals surface area (Å²) in [5.41, 5.74) is -1.27. The number of Topliss-reactive ketones (excluding diaryl/α,β-unsaturated/α-hetero) is 2. The molecule has 10 heteroatoms. The number of hydrogen-bond acceptors (Lipinski definition) is 10. The van der Waals surface area contributed by atoms with Crippen LogP contribution in [-0.4, -0.2) is 76.4 Å². The predicted molar refractivity (Wildman–Crippen MR) is 127 cm³/mol. The Kier molecular flexibility index (Phi) is 19.0. The van der Waals surface area contributed by atoms with Gasteiger partial charge in [0, 0.05) is 12.8 Å². The van der Waals surface area contributed by atoms with Gasteiger partial charge in [0.25, 0.3) is 0 Å². The molecule has 0 bridgehead atoms. The third-order valence-corrected chi connectivity index (χ3v) is 5.25. The first-order valence-corrected chi connectivity index (χ1v) is 11.7. The SMILES string of the molecule is C=COCCOCCOC(=O)CCCCC(CCC(=O)OCCOCCOC=C)(C(C)=O)C(C)=O. The second kappa shape index (κ2) is 20.6. The van der Waals surface area contributed by atoms with Crippen molar-refractivity contribution in [3.8, 4) is 0 Å². The predicted octanol–water partition coefficient (Wildman–Crippen LogP) is 2.93. The number of unbranched alkanes of at least 4 members (excludes halogenated alkanes) is 1. The molecule has 0 aromatic rings. The lowest BCUT2D eigenvalue weighted by atomic mass is 9.72. The van der Waals surface area contributed by atoms with Crippen LogP contribution in [-0.2, 0) is 47.6 Å². The maximum Gasteiger partial charge on any atom is 0.305 e. The fourth-order valence-electron chi connectivity index (χ4n) is 3.25. The third kappa shape index (κ3) is 15.7. The van der Waals surface area contributed by atoms with Gasteiger partial charge in [0.05, 0.1) is 44.4 Å². The summed E-state index contributed by atoms with van der Waals surface area (Å²) in [4.78, 5) is 48.7. The minimum Gasteiger partial charge on any atom is -0.499 e. The van der Waals surface area contributed by atoms with Crippen LogP contribution in [0.15, 0.2) is 25.7 Å². The van der Waals surface area contributed by atoms with Crippen molar-refractivity contribution in [3.05, 3.63) is 25.7 Å². The molecule has 200 valence electrons. The average Bonchev–Trinajstić information content (AvgIpc) is 2.82. The van der Waals surface area contributed by atoms with E-state index in [1.165, 1.54) is 26.4 Å². The molecule has 0 saturated carbocycles. The standard InChI is InChI=1S/C25H40O10/c1-5-30-13-15-32-17-19-34-23(28)9-7-8-11-25(21(3)26,22(4)27)12-10-24(29)35-20-18-33-16-14-31-6-2/h5-6H,1-2,7-20H2,3-4H3. The molecule has 10 nitrogen and oxygen atoms in total. The Morgan fingerprint density at radius 1 is 0.629 bits per heavy atom. The Morgan fingerprint density at radius 2 is 1.09 bits per heavy atom. The molecule has 35 heavy (non-hydrogen) atoms. The van der Waals surface area contributed by atoms with Crippen LogP contribution in [0.3, 0.4) is 0 Å². The van der Waals surface area contributed by atoms with E-state index in [0.29, 0.717) is 39.3 Å². The van der Waals surface area contributed by atoms with Crippen LogP contribution >= 0.6 is 0 Å². The van der Waals surface area contributed by atoms with Crippen molar-refractivity contribution < 1.29 is 47.6 Å². The summed E-state index contributed by atoms with van der Waals surface area (Å²) in [7, 11) is 0. The highest BCUT2D eigenvalue weighted by Crippen LogP contribution is 2.33. The van der Waals surface area contributed by atoms with Crippen LogP contribution in [0.1, 0.15) is 52.4 Å². The molecule has 0 aromatic heterocycles. The minimum absolute atomic E-state index is 0.0574. The highest BCUT2D eigenvalue weighted by Gasteiger charge is 2.40. The monoisotopic (exact) mass is 500 g/mol. The highest BCUT2D eigenvalue weighted by molar-refractivity contribution is 6.05. The first-order valence-electron chi connectivity index (χ1n) is 11.7. The first-order chi connectivity index (χ1) is 16.8. The summed E-state index contributed by atoms with van der Waals surface area (Å²) in [6.45, 7) is 11.6. The van der Waals surface area contributed by atoms with E-state index >= 15 is 0 Å². The number of carbonyl (C=O) groups is 4. The summed E-state index contributed by atoms with van der Waals surface area (Å²) >= 11 is 0. The number of rotatable bonds is 24. The zero-order valence-corrected chi connectivity index (χ0v) is 21.1. The molecule has 0 saturated heterocycles. The molecule has 0 aliphatic heterocycles. The van der Waals surface area contributed by atoms with E-state index in [1.807, 2.05) is 0 Å². The zero-order chi connectivity index (χ0) is 26.4. The molecule has 0 atom stereocenters. The van der Waals surface area contributed by atoms with Gasteiger partial charge >= 0.3 is 11.9 Å². The van der Waals surface area contributed by atoms with Crippen molar-refractivity contribution in [2.45, 2.75) is 52.4 Å². The molecule has 0 spiro atoms. The second-order valence-corrected chi connectivity index (χ2v) is 7.64. The van der Waals surface area contributed by atoms with Gasteiger partial charge < -0.3 is 28.4 Å². The number of ketones is 2. The maximum atomic E-state index is 12.4.